The van der Waals surface area contributed by atoms with Gasteiger partial charge in [0.1, 0.15) is 0 Å². The van der Waals surface area contributed by atoms with Gasteiger partial charge in [-0.1, -0.05) is 17.7 Å². The Balaban J connectivity index is 2.70. The molecule has 0 saturated heterocycles. The second-order valence-corrected chi connectivity index (χ2v) is 5.04. The van der Waals surface area contributed by atoms with Crippen molar-refractivity contribution in [2.45, 2.75) is 6.54 Å². The molecule has 2 aromatic rings. The summed E-state index contributed by atoms with van der Waals surface area (Å²) < 4.78 is 2.05. The lowest BCUT2D eigenvalue weighted by Crippen LogP contribution is -2.30. The number of thiophene rings is 1. The van der Waals surface area contributed by atoms with E-state index in [2.05, 4.69) is 11.6 Å². The van der Waals surface area contributed by atoms with E-state index in [-0.39, 0.29) is 0 Å². The van der Waals surface area contributed by atoms with Crippen LogP contribution in [0.1, 0.15) is 0 Å². The Kier molecular flexibility index (Phi) is 3.31. The van der Waals surface area contributed by atoms with Crippen LogP contribution in [0, 0.1) is 0 Å². The van der Waals surface area contributed by atoms with Crippen molar-refractivity contribution in [3.63, 3.8) is 0 Å². The predicted molar refractivity (Wildman–Crippen MR) is 69.8 cm³/mol. The Morgan fingerprint density at radius 2 is 2.24 bits per heavy atom. The smallest absolute Gasteiger partial charge is 0.289 e. The van der Waals surface area contributed by atoms with E-state index in [0.717, 1.165) is 4.88 Å². The van der Waals surface area contributed by atoms with Crippen LogP contribution in [-0.4, -0.2) is 9.55 Å². The quantitative estimate of drug-likeness (QED) is 0.867. The molecule has 88 valence electrons. The van der Waals surface area contributed by atoms with Crippen LogP contribution in [-0.2, 0) is 6.54 Å². The lowest BCUT2D eigenvalue weighted by atomic mass is 10.3. The molecule has 0 spiro atoms. The van der Waals surface area contributed by atoms with E-state index in [4.69, 9.17) is 11.6 Å². The topological polar surface area (TPSA) is 54.9 Å². The molecule has 0 amide bonds. The van der Waals surface area contributed by atoms with E-state index in [9.17, 15) is 9.59 Å². The molecule has 2 aromatic heterocycles. The van der Waals surface area contributed by atoms with E-state index >= 15 is 0 Å². The van der Waals surface area contributed by atoms with Crippen LogP contribution >= 0.6 is 22.9 Å². The Bertz CT molecular complexity index is 669. The van der Waals surface area contributed by atoms with Crippen molar-refractivity contribution in [1.29, 1.82) is 0 Å². The number of aromatic nitrogens is 2. The van der Waals surface area contributed by atoms with Crippen molar-refractivity contribution in [3.8, 4) is 10.6 Å². The van der Waals surface area contributed by atoms with Gasteiger partial charge in [0, 0.05) is 12.6 Å². The Hall–Kier alpha value is -1.59. The Morgan fingerprint density at radius 1 is 1.47 bits per heavy atom. The Labute approximate surface area is 106 Å². The first kappa shape index (κ1) is 11.9. The molecule has 0 saturated carbocycles. The molecular formula is C11H9ClN2O2S. The first-order chi connectivity index (χ1) is 8.11. The summed E-state index contributed by atoms with van der Waals surface area (Å²) in [5, 5.41) is 0. The van der Waals surface area contributed by atoms with Gasteiger partial charge in [0.25, 0.3) is 5.56 Å². The van der Waals surface area contributed by atoms with E-state index in [1.165, 1.54) is 22.0 Å². The highest BCUT2D eigenvalue weighted by Gasteiger charge is 2.09. The molecule has 0 aliphatic carbocycles. The Morgan fingerprint density at radius 3 is 2.82 bits per heavy atom. The van der Waals surface area contributed by atoms with Crippen molar-refractivity contribution < 1.29 is 0 Å². The molecule has 0 aliphatic heterocycles. The third kappa shape index (κ3) is 2.40. The van der Waals surface area contributed by atoms with Gasteiger partial charge in [-0.25, -0.2) is 4.79 Å². The van der Waals surface area contributed by atoms with Crippen molar-refractivity contribution in [1.82, 2.24) is 9.55 Å². The van der Waals surface area contributed by atoms with Crippen LogP contribution in [0.2, 0.25) is 4.34 Å². The SMILES string of the molecule is C=CCn1c(-c2ccc(Cl)s2)cc(=O)[nH]c1=O. The average Bonchev–Trinajstić information content (AvgIpc) is 2.68. The average molecular weight is 269 g/mol. The zero-order chi connectivity index (χ0) is 12.4. The molecule has 0 aliphatic rings. The molecule has 0 atom stereocenters. The number of rotatable bonds is 3. The molecular weight excluding hydrogens is 260 g/mol. The van der Waals surface area contributed by atoms with Gasteiger partial charge in [0.05, 0.1) is 14.9 Å². The summed E-state index contributed by atoms with van der Waals surface area (Å²) in [6.45, 7) is 3.92. The number of aromatic amines is 1. The van der Waals surface area contributed by atoms with Crippen LogP contribution in [0.25, 0.3) is 10.6 Å². The molecule has 1 N–H and O–H groups in total. The van der Waals surface area contributed by atoms with Gasteiger partial charge in [-0.2, -0.15) is 0 Å². The molecule has 0 unspecified atom stereocenters. The minimum Gasteiger partial charge on any atom is -0.289 e. The number of nitrogens with zero attached hydrogens (tertiary/aromatic N) is 1. The van der Waals surface area contributed by atoms with Gasteiger partial charge in [0.15, 0.2) is 0 Å². The number of halogens is 1. The van der Waals surface area contributed by atoms with Crippen molar-refractivity contribution in [3.05, 3.63) is 56.0 Å². The monoisotopic (exact) mass is 268 g/mol. The van der Waals surface area contributed by atoms with Gasteiger partial charge in [-0.3, -0.25) is 14.3 Å². The van der Waals surface area contributed by atoms with E-state index in [1.807, 2.05) is 0 Å². The number of hydrogen-bond donors (Lipinski definition) is 1. The van der Waals surface area contributed by atoms with Crippen LogP contribution in [0.15, 0.2) is 40.4 Å². The maximum absolute atomic E-state index is 11.7. The van der Waals surface area contributed by atoms with E-state index in [1.54, 1.807) is 18.2 Å². The second kappa shape index (κ2) is 4.73. The summed E-state index contributed by atoms with van der Waals surface area (Å²) in [5.74, 6) is 0. The van der Waals surface area contributed by atoms with Crippen LogP contribution in [0.3, 0.4) is 0 Å². The maximum atomic E-state index is 11.7. The van der Waals surface area contributed by atoms with Gasteiger partial charge >= 0.3 is 5.69 Å². The molecule has 0 fully saturated rings. The van der Waals surface area contributed by atoms with E-state index < -0.39 is 11.2 Å². The minimum atomic E-state index is -0.447. The summed E-state index contributed by atoms with van der Waals surface area (Å²) in [6.07, 6.45) is 1.60. The number of nitrogens with one attached hydrogen (secondary N) is 1. The summed E-state index contributed by atoms with van der Waals surface area (Å²) in [4.78, 5) is 26.0. The zero-order valence-electron chi connectivity index (χ0n) is 8.77. The van der Waals surface area contributed by atoms with Crippen molar-refractivity contribution in [2.75, 3.05) is 0 Å². The van der Waals surface area contributed by atoms with Crippen LogP contribution in [0.5, 0.6) is 0 Å². The van der Waals surface area contributed by atoms with Gasteiger partial charge in [-0.05, 0) is 12.1 Å². The lowest BCUT2D eigenvalue weighted by Gasteiger charge is -2.07. The highest BCUT2D eigenvalue weighted by molar-refractivity contribution is 7.19. The summed E-state index contributed by atoms with van der Waals surface area (Å²) in [5.41, 5.74) is -0.317. The largest absolute Gasteiger partial charge is 0.329 e. The maximum Gasteiger partial charge on any atom is 0.329 e. The normalized spacial score (nSPS) is 10.4. The molecule has 2 heterocycles. The summed E-state index contributed by atoms with van der Waals surface area (Å²) in [7, 11) is 0. The second-order valence-electron chi connectivity index (χ2n) is 3.33. The molecule has 0 bridgehead atoms. The third-order valence-corrected chi connectivity index (χ3v) is 3.42. The predicted octanol–water partition coefficient (Wildman–Crippen LogP) is 2.10. The highest BCUT2D eigenvalue weighted by atomic mass is 35.5. The number of allylic oxidation sites excluding steroid dienone is 1. The zero-order valence-corrected chi connectivity index (χ0v) is 10.3. The number of H-pyrrole nitrogens is 1. The fourth-order valence-electron chi connectivity index (χ4n) is 1.49. The molecule has 6 heteroatoms. The van der Waals surface area contributed by atoms with Crippen molar-refractivity contribution in [2.24, 2.45) is 0 Å². The van der Waals surface area contributed by atoms with E-state index in [0.29, 0.717) is 16.6 Å². The fourth-order valence-corrected chi connectivity index (χ4v) is 2.56. The van der Waals surface area contributed by atoms with Gasteiger partial charge in [-0.15, -0.1) is 17.9 Å². The molecule has 0 radical (unpaired) electrons. The summed E-state index contributed by atoms with van der Waals surface area (Å²) in [6, 6.07) is 4.89. The molecule has 17 heavy (non-hydrogen) atoms. The number of hydrogen-bond acceptors (Lipinski definition) is 3. The first-order valence-electron chi connectivity index (χ1n) is 4.82. The molecule has 0 aromatic carbocycles. The standard InChI is InChI=1S/C11H9ClN2O2S/c1-2-5-14-7(6-10(15)13-11(14)16)8-3-4-9(12)17-8/h2-4,6H,1,5H2,(H,13,15,16). The molecule has 4 nitrogen and oxygen atoms in total. The molecule has 2 rings (SSSR count). The van der Waals surface area contributed by atoms with Gasteiger partial charge < -0.3 is 0 Å². The van der Waals surface area contributed by atoms with Gasteiger partial charge in [0.2, 0.25) is 0 Å². The van der Waals surface area contributed by atoms with Crippen LogP contribution in [0.4, 0.5) is 0 Å². The first-order valence-corrected chi connectivity index (χ1v) is 6.02. The lowest BCUT2D eigenvalue weighted by molar-refractivity contribution is 0.747. The third-order valence-electron chi connectivity index (χ3n) is 2.17. The van der Waals surface area contributed by atoms with Crippen LogP contribution < -0.4 is 11.2 Å². The highest BCUT2D eigenvalue weighted by Crippen LogP contribution is 2.29. The fraction of sp³-hybridized carbons (Fsp3) is 0.0909. The minimum absolute atomic E-state index is 0.334. The summed E-state index contributed by atoms with van der Waals surface area (Å²) >= 11 is 7.16. The van der Waals surface area contributed by atoms with Crippen molar-refractivity contribution >= 4 is 22.9 Å².